The zero-order valence-corrected chi connectivity index (χ0v) is 18.4. The Balaban J connectivity index is 1.77. The molecule has 0 aliphatic heterocycles. The Morgan fingerprint density at radius 2 is 1.76 bits per heavy atom. The summed E-state index contributed by atoms with van der Waals surface area (Å²) < 4.78 is 15.7. The molecule has 5 aromatic rings. The number of hydrogen-bond acceptors (Lipinski definition) is 2. The monoisotopic (exact) mass is 456 g/mol. The first kappa shape index (κ1) is 20.9. The molecule has 0 fully saturated rings. The number of aldehydes is 1. The molecule has 0 spiro atoms. The first-order chi connectivity index (χ1) is 16.0. The lowest BCUT2D eigenvalue weighted by Crippen LogP contribution is -2.17. The zero-order valence-electron chi connectivity index (χ0n) is 17.6. The molecule has 162 valence electrons. The van der Waals surface area contributed by atoms with Crippen molar-refractivity contribution in [1.29, 1.82) is 0 Å². The van der Waals surface area contributed by atoms with Crippen molar-refractivity contribution in [2.24, 2.45) is 7.05 Å². The lowest BCUT2D eigenvalue weighted by atomic mass is 9.96. The van der Waals surface area contributed by atoms with Gasteiger partial charge in [-0.05, 0) is 53.6 Å². The standard InChI is InChI=1S/C27H18ClFN2O2/c1-31-11-3-6-21(27(31)33)25-22-14-19(29)8-10-24(22)30-26(25)18-5-2-4-17(13-18)20-9-7-16(15-32)12-23(20)28/h2-15,30H,1H3. The summed E-state index contributed by atoms with van der Waals surface area (Å²) in [5.41, 5.74) is 5.34. The molecular formula is C27H18ClFN2O2. The number of nitrogens with zero attached hydrogens (tertiary/aromatic N) is 1. The fourth-order valence-corrected chi connectivity index (χ4v) is 4.43. The quantitative estimate of drug-likeness (QED) is 0.315. The number of carbonyl (C=O) groups is 1. The van der Waals surface area contributed by atoms with Crippen molar-refractivity contribution >= 4 is 28.8 Å². The summed E-state index contributed by atoms with van der Waals surface area (Å²) in [4.78, 5) is 27.4. The number of aromatic nitrogens is 2. The molecule has 0 saturated heterocycles. The van der Waals surface area contributed by atoms with Crippen molar-refractivity contribution in [1.82, 2.24) is 9.55 Å². The number of halogens is 2. The fourth-order valence-electron chi connectivity index (χ4n) is 4.13. The van der Waals surface area contributed by atoms with E-state index in [2.05, 4.69) is 4.98 Å². The molecule has 5 rings (SSSR count). The summed E-state index contributed by atoms with van der Waals surface area (Å²) in [6, 6.07) is 20.9. The van der Waals surface area contributed by atoms with Gasteiger partial charge in [0, 0.05) is 51.4 Å². The minimum atomic E-state index is -0.377. The summed E-state index contributed by atoms with van der Waals surface area (Å²) in [6.45, 7) is 0. The minimum absolute atomic E-state index is 0.174. The third kappa shape index (κ3) is 3.66. The Hall–Kier alpha value is -3.96. The van der Waals surface area contributed by atoms with Crippen LogP contribution in [0.1, 0.15) is 10.4 Å². The average molecular weight is 457 g/mol. The largest absolute Gasteiger partial charge is 0.354 e. The third-order valence-electron chi connectivity index (χ3n) is 5.74. The Morgan fingerprint density at radius 3 is 2.55 bits per heavy atom. The molecule has 0 unspecified atom stereocenters. The maximum atomic E-state index is 14.2. The van der Waals surface area contributed by atoms with Gasteiger partial charge in [-0.25, -0.2) is 4.39 Å². The van der Waals surface area contributed by atoms with Crippen LogP contribution < -0.4 is 5.56 Å². The number of H-pyrrole nitrogens is 1. The van der Waals surface area contributed by atoms with Gasteiger partial charge in [-0.1, -0.05) is 41.9 Å². The maximum Gasteiger partial charge on any atom is 0.258 e. The van der Waals surface area contributed by atoms with Crippen molar-refractivity contribution in [3.05, 3.63) is 106 Å². The molecule has 3 aromatic carbocycles. The molecule has 33 heavy (non-hydrogen) atoms. The summed E-state index contributed by atoms with van der Waals surface area (Å²) in [5, 5.41) is 1.10. The van der Waals surface area contributed by atoms with Crippen LogP contribution in [-0.2, 0) is 7.05 Å². The number of fused-ring (bicyclic) bond motifs is 1. The molecule has 2 heterocycles. The van der Waals surface area contributed by atoms with E-state index >= 15 is 0 Å². The Labute approximate surface area is 193 Å². The number of nitrogens with one attached hydrogen (secondary N) is 1. The van der Waals surface area contributed by atoms with Gasteiger partial charge in [0.05, 0.1) is 5.69 Å². The van der Waals surface area contributed by atoms with Crippen molar-refractivity contribution < 1.29 is 9.18 Å². The van der Waals surface area contributed by atoms with E-state index in [1.54, 1.807) is 49.6 Å². The lowest BCUT2D eigenvalue weighted by molar-refractivity contribution is 0.112. The van der Waals surface area contributed by atoms with Gasteiger partial charge < -0.3 is 9.55 Å². The molecule has 6 heteroatoms. The van der Waals surface area contributed by atoms with E-state index in [-0.39, 0.29) is 11.4 Å². The molecule has 0 atom stereocenters. The van der Waals surface area contributed by atoms with Gasteiger partial charge >= 0.3 is 0 Å². The normalized spacial score (nSPS) is 11.1. The first-order valence-electron chi connectivity index (χ1n) is 10.3. The predicted octanol–water partition coefficient (Wildman–Crippen LogP) is 6.47. The molecule has 0 aliphatic rings. The molecule has 0 amide bonds. The van der Waals surface area contributed by atoms with Crippen molar-refractivity contribution in [2.75, 3.05) is 0 Å². The van der Waals surface area contributed by atoms with E-state index in [4.69, 9.17) is 11.6 Å². The summed E-state index contributed by atoms with van der Waals surface area (Å²) >= 11 is 6.44. The zero-order chi connectivity index (χ0) is 23.1. The molecule has 2 aromatic heterocycles. The van der Waals surface area contributed by atoms with E-state index in [1.807, 2.05) is 24.3 Å². The maximum absolute atomic E-state index is 14.2. The van der Waals surface area contributed by atoms with Gasteiger partial charge in [-0.2, -0.15) is 0 Å². The van der Waals surface area contributed by atoms with E-state index in [9.17, 15) is 14.0 Å². The highest BCUT2D eigenvalue weighted by atomic mass is 35.5. The summed E-state index contributed by atoms with van der Waals surface area (Å²) in [7, 11) is 1.69. The third-order valence-corrected chi connectivity index (χ3v) is 6.06. The smallest absolute Gasteiger partial charge is 0.258 e. The van der Waals surface area contributed by atoms with Gasteiger partial charge in [-0.15, -0.1) is 0 Å². The molecule has 0 aliphatic carbocycles. The van der Waals surface area contributed by atoms with Crippen molar-refractivity contribution in [3.8, 4) is 33.5 Å². The number of rotatable bonds is 4. The molecule has 0 radical (unpaired) electrons. The van der Waals surface area contributed by atoms with Gasteiger partial charge in [0.15, 0.2) is 0 Å². The van der Waals surface area contributed by atoms with Crippen LogP contribution in [0.3, 0.4) is 0 Å². The van der Waals surface area contributed by atoms with Crippen LogP contribution in [0.4, 0.5) is 4.39 Å². The van der Waals surface area contributed by atoms with Crippen LogP contribution in [0, 0.1) is 5.82 Å². The second-order valence-corrected chi connectivity index (χ2v) is 8.25. The number of aromatic amines is 1. The number of aryl methyl sites for hydroxylation is 1. The van der Waals surface area contributed by atoms with E-state index in [0.29, 0.717) is 32.8 Å². The van der Waals surface area contributed by atoms with Crippen LogP contribution in [0.2, 0.25) is 5.02 Å². The number of pyridine rings is 1. The lowest BCUT2D eigenvalue weighted by Gasteiger charge is -2.10. The molecule has 0 saturated carbocycles. The minimum Gasteiger partial charge on any atom is -0.354 e. The second-order valence-electron chi connectivity index (χ2n) is 7.84. The highest BCUT2D eigenvalue weighted by molar-refractivity contribution is 6.33. The van der Waals surface area contributed by atoms with Crippen molar-refractivity contribution in [3.63, 3.8) is 0 Å². The first-order valence-corrected chi connectivity index (χ1v) is 10.7. The van der Waals surface area contributed by atoms with Gasteiger partial charge in [-0.3, -0.25) is 9.59 Å². The number of benzene rings is 3. The highest BCUT2D eigenvalue weighted by Gasteiger charge is 2.19. The molecule has 0 bridgehead atoms. The van der Waals surface area contributed by atoms with Gasteiger partial charge in [0.1, 0.15) is 12.1 Å². The van der Waals surface area contributed by atoms with Crippen LogP contribution in [0.5, 0.6) is 0 Å². The molecule has 4 nitrogen and oxygen atoms in total. The number of carbonyl (C=O) groups excluding carboxylic acids is 1. The summed E-state index contributed by atoms with van der Waals surface area (Å²) in [6.07, 6.45) is 2.44. The van der Waals surface area contributed by atoms with E-state index in [1.165, 1.54) is 16.7 Å². The van der Waals surface area contributed by atoms with Crippen LogP contribution in [-0.4, -0.2) is 15.8 Å². The molecule has 1 N–H and O–H groups in total. The summed E-state index contributed by atoms with van der Waals surface area (Å²) in [5.74, 6) is -0.377. The van der Waals surface area contributed by atoms with Crippen LogP contribution in [0.25, 0.3) is 44.4 Å². The molecular weight excluding hydrogens is 439 g/mol. The van der Waals surface area contributed by atoms with Crippen LogP contribution >= 0.6 is 11.6 Å². The van der Waals surface area contributed by atoms with Gasteiger partial charge in [0.25, 0.3) is 5.56 Å². The number of hydrogen-bond donors (Lipinski definition) is 1. The second kappa shape index (κ2) is 8.19. The topological polar surface area (TPSA) is 54.9 Å². The van der Waals surface area contributed by atoms with Crippen molar-refractivity contribution in [2.45, 2.75) is 0 Å². The van der Waals surface area contributed by atoms with E-state index in [0.717, 1.165) is 28.5 Å². The Morgan fingerprint density at radius 1 is 0.939 bits per heavy atom. The fraction of sp³-hybridized carbons (Fsp3) is 0.0370. The van der Waals surface area contributed by atoms with Crippen LogP contribution in [0.15, 0.2) is 83.8 Å². The predicted molar refractivity (Wildman–Crippen MR) is 130 cm³/mol. The Bertz CT molecular complexity index is 1600. The van der Waals surface area contributed by atoms with Gasteiger partial charge in [0.2, 0.25) is 0 Å². The average Bonchev–Trinajstić information content (AvgIpc) is 3.19. The SMILES string of the molecule is Cn1cccc(-c2c(-c3cccc(-c4ccc(C=O)cc4Cl)c3)[nH]c3ccc(F)cc23)c1=O. The highest BCUT2D eigenvalue weighted by Crippen LogP contribution is 2.39. The Kier molecular flexibility index (Phi) is 5.19. The van der Waals surface area contributed by atoms with E-state index < -0.39 is 0 Å².